The van der Waals surface area contributed by atoms with Crippen LogP contribution in [0.15, 0.2) is 48.5 Å². The number of hydrogen-bond acceptors (Lipinski definition) is 2. The number of nitrogens with zero attached hydrogens (tertiary/aromatic N) is 1. The number of anilines is 1. The first-order valence-electron chi connectivity index (χ1n) is 7.20. The van der Waals surface area contributed by atoms with E-state index < -0.39 is 0 Å². The molecule has 0 radical (unpaired) electrons. The Morgan fingerprint density at radius 1 is 1.05 bits per heavy atom. The molecule has 0 bridgehead atoms. The average Bonchev–Trinajstić information content (AvgIpc) is 2.48. The van der Waals surface area contributed by atoms with E-state index in [1.54, 1.807) is 0 Å². The highest BCUT2D eigenvalue weighted by atomic mass is 15.1. The second-order valence-electron chi connectivity index (χ2n) is 5.30. The molecular formula is C18H24N2. The highest BCUT2D eigenvalue weighted by molar-refractivity contribution is 5.50. The predicted molar refractivity (Wildman–Crippen MR) is 87.4 cm³/mol. The molecule has 0 amide bonds. The summed E-state index contributed by atoms with van der Waals surface area (Å²) in [6, 6.07) is 17.4. The van der Waals surface area contributed by atoms with E-state index in [1.165, 1.54) is 22.4 Å². The summed E-state index contributed by atoms with van der Waals surface area (Å²) in [7, 11) is 4.15. The zero-order valence-electron chi connectivity index (χ0n) is 12.7. The lowest BCUT2D eigenvalue weighted by Gasteiger charge is -2.21. The minimum atomic E-state index is 0.930. The second kappa shape index (κ2) is 7.11. The molecule has 20 heavy (non-hydrogen) atoms. The molecule has 1 N–H and O–H groups in total. The molecule has 106 valence electrons. The Morgan fingerprint density at radius 3 is 2.45 bits per heavy atom. The van der Waals surface area contributed by atoms with Crippen LogP contribution in [0, 0.1) is 6.92 Å². The minimum Gasteiger partial charge on any atom is -0.374 e. The number of rotatable bonds is 6. The topological polar surface area (TPSA) is 15.3 Å². The molecule has 2 aromatic rings. The molecule has 0 aromatic heterocycles. The molecule has 0 fully saturated rings. The van der Waals surface area contributed by atoms with Gasteiger partial charge in [0, 0.05) is 25.8 Å². The van der Waals surface area contributed by atoms with Gasteiger partial charge in [-0.05, 0) is 49.2 Å². The quantitative estimate of drug-likeness (QED) is 0.864. The smallest absolute Gasteiger partial charge is 0.0366 e. The summed E-state index contributed by atoms with van der Waals surface area (Å²) in [5.41, 5.74) is 5.40. The first-order valence-corrected chi connectivity index (χ1v) is 7.20. The van der Waals surface area contributed by atoms with Gasteiger partial charge in [0.25, 0.3) is 0 Å². The molecular weight excluding hydrogens is 244 g/mol. The molecule has 0 aliphatic carbocycles. The minimum absolute atomic E-state index is 0.930. The zero-order valence-corrected chi connectivity index (χ0v) is 12.7. The summed E-state index contributed by atoms with van der Waals surface area (Å²) >= 11 is 0. The predicted octanol–water partition coefficient (Wildman–Crippen LogP) is 3.39. The van der Waals surface area contributed by atoms with Gasteiger partial charge >= 0.3 is 0 Å². The van der Waals surface area contributed by atoms with Crippen LogP contribution < -0.4 is 10.2 Å². The van der Waals surface area contributed by atoms with E-state index in [0.29, 0.717) is 0 Å². The number of hydrogen-bond donors (Lipinski definition) is 1. The molecule has 0 aliphatic heterocycles. The van der Waals surface area contributed by atoms with Gasteiger partial charge in [0.15, 0.2) is 0 Å². The SMILES string of the molecule is CNCc1ccc(N(C)CCc2ccccc2)cc1C. The Hall–Kier alpha value is -1.80. The Morgan fingerprint density at radius 2 is 1.80 bits per heavy atom. The first-order chi connectivity index (χ1) is 9.70. The Kier molecular flexibility index (Phi) is 5.19. The third-order valence-corrected chi connectivity index (χ3v) is 3.71. The largest absolute Gasteiger partial charge is 0.374 e. The molecule has 2 heteroatoms. The lowest BCUT2D eigenvalue weighted by molar-refractivity contribution is 0.810. The van der Waals surface area contributed by atoms with Gasteiger partial charge < -0.3 is 10.2 Å². The van der Waals surface area contributed by atoms with Crippen molar-refractivity contribution in [2.45, 2.75) is 19.9 Å². The van der Waals surface area contributed by atoms with E-state index in [1.807, 2.05) is 7.05 Å². The maximum atomic E-state index is 3.21. The fraction of sp³-hybridized carbons (Fsp3) is 0.333. The number of aryl methyl sites for hydroxylation is 1. The first kappa shape index (κ1) is 14.6. The van der Waals surface area contributed by atoms with Crippen LogP contribution in [0.1, 0.15) is 16.7 Å². The van der Waals surface area contributed by atoms with E-state index in [0.717, 1.165) is 19.5 Å². The van der Waals surface area contributed by atoms with Crippen LogP contribution in [0.4, 0.5) is 5.69 Å². The van der Waals surface area contributed by atoms with E-state index in [2.05, 4.69) is 72.7 Å². The van der Waals surface area contributed by atoms with E-state index >= 15 is 0 Å². The van der Waals surface area contributed by atoms with Gasteiger partial charge in [0.05, 0.1) is 0 Å². The van der Waals surface area contributed by atoms with Crippen molar-refractivity contribution in [3.63, 3.8) is 0 Å². The highest BCUT2D eigenvalue weighted by Gasteiger charge is 2.04. The molecule has 2 rings (SSSR count). The molecule has 0 heterocycles. The van der Waals surface area contributed by atoms with Crippen LogP contribution in [0.3, 0.4) is 0 Å². The van der Waals surface area contributed by atoms with Crippen LogP contribution in [0.5, 0.6) is 0 Å². The molecule has 0 unspecified atom stereocenters. The second-order valence-corrected chi connectivity index (χ2v) is 5.30. The monoisotopic (exact) mass is 268 g/mol. The summed E-state index contributed by atoms with van der Waals surface area (Å²) < 4.78 is 0. The van der Waals surface area contributed by atoms with Crippen LogP contribution in [0.25, 0.3) is 0 Å². The maximum absolute atomic E-state index is 3.21. The van der Waals surface area contributed by atoms with Gasteiger partial charge in [0.1, 0.15) is 0 Å². The molecule has 0 spiro atoms. The number of likely N-dealkylation sites (N-methyl/N-ethyl adjacent to an activating group) is 1. The third-order valence-electron chi connectivity index (χ3n) is 3.71. The fourth-order valence-electron chi connectivity index (χ4n) is 2.38. The van der Waals surface area contributed by atoms with Crippen molar-refractivity contribution < 1.29 is 0 Å². The normalized spacial score (nSPS) is 10.6. The number of benzene rings is 2. The average molecular weight is 268 g/mol. The van der Waals surface area contributed by atoms with Gasteiger partial charge in [-0.1, -0.05) is 36.4 Å². The van der Waals surface area contributed by atoms with Gasteiger partial charge in [-0.3, -0.25) is 0 Å². The van der Waals surface area contributed by atoms with E-state index in [4.69, 9.17) is 0 Å². The van der Waals surface area contributed by atoms with Crippen molar-refractivity contribution in [2.24, 2.45) is 0 Å². The standard InChI is InChI=1S/C18H24N2/c1-15-13-18(10-9-17(15)14-19-2)20(3)12-11-16-7-5-4-6-8-16/h4-10,13,19H,11-12,14H2,1-3H3. The molecule has 0 atom stereocenters. The summed E-state index contributed by atoms with van der Waals surface area (Å²) in [6.07, 6.45) is 1.08. The van der Waals surface area contributed by atoms with Crippen molar-refractivity contribution >= 4 is 5.69 Å². The summed E-state index contributed by atoms with van der Waals surface area (Å²) in [6.45, 7) is 4.15. The molecule has 2 nitrogen and oxygen atoms in total. The van der Waals surface area contributed by atoms with Crippen molar-refractivity contribution in [3.05, 3.63) is 65.2 Å². The van der Waals surface area contributed by atoms with Gasteiger partial charge in [-0.25, -0.2) is 0 Å². The zero-order chi connectivity index (χ0) is 14.4. The maximum Gasteiger partial charge on any atom is 0.0366 e. The Balaban J connectivity index is 1.98. The fourth-order valence-corrected chi connectivity index (χ4v) is 2.38. The van der Waals surface area contributed by atoms with Gasteiger partial charge in [-0.2, -0.15) is 0 Å². The van der Waals surface area contributed by atoms with Gasteiger partial charge in [-0.15, -0.1) is 0 Å². The Bertz CT molecular complexity index is 534. The summed E-state index contributed by atoms with van der Waals surface area (Å²) in [5.74, 6) is 0. The van der Waals surface area contributed by atoms with Crippen molar-refractivity contribution in [3.8, 4) is 0 Å². The highest BCUT2D eigenvalue weighted by Crippen LogP contribution is 2.18. The summed E-state index contributed by atoms with van der Waals surface area (Å²) in [4.78, 5) is 2.32. The molecule has 0 saturated heterocycles. The Labute approximate surface area is 122 Å². The van der Waals surface area contributed by atoms with Crippen LogP contribution in [-0.2, 0) is 13.0 Å². The van der Waals surface area contributed by atoms with E-state index in [9.17, 15) is 0 Å². The summed E-state index contributed by atoms with van der Waals surface area (Å²) in [5, 5.41) is 3.21. The van der Waals surface area contributed by atoms with Crippen molar-refractivity contribution in [1.29, 1.82) is 0 Å². The van der Waals surface area contributed by atoms with Crippen molar-refractivity contribution in [2.75, 3.05) is 25.5 Å². The third kappa shape index (κ3) is 3.84. The van der Waals surface area contributed by atoms with Crippen LogP contribution >= 0.6 is 0 Å². The molecule has 0 saturated carbocycles. The molecule has 0 aliphatic rings. The lowest BCUT2D eigenvalue weighted by atomic mass is 10.1. The number of nitrogens with one attached hydrogen (secondary N) is 1. The van der Waals surface area contributed by atoms with Gasteiger partial charge in [0.2, 0.25) is 0 Å². The van der Waals surface area contributed by atoms with E-state index in [-0.39, 0.29) is 0 Å². The molecule has 2 aromatic carbocycles. The lowest BCUT2D eigenvalue weighted by Crippen LogP contribution is -2.20. The van der Waals surface area contributed by atoms with Crippen LogP contribution in [-0.4, -0.2) is 20.6 Å². The van der Waals surface area contributed by atoms with Crippen LogP contribution in [0.2, 0.25) is 0 Å². The van der Waals surface area contributed by atoms with Crippen molar-refractivity contribution in [1.82, 2.24) is 5.32 Å².